The zero-order chi connectivity index (χ0) is 66.7. The molecule has 0 atom stereocenters. The van der Waals surface area contributed by atoms with E-state index in [4.69, 9.17) is 51.0 Å². The molecule has 18 nitrogen and oxygen atoms in total. The van der Waals surface area contributed by atoms with Crippen LogP contribution in [0.2, 0.25) is 0 Å². The number of anilines is 2. The molecule has 0 saturated heterocycles. The molecule has 2 aromatic heterocycles. The Bertz CT molecular complexity index is 4470. The van der Waals surface area contributed by atoms with E-state index in [-0.39, 0.29) is 46.5 Å². The maximum absolute atomic E-state index is 13.2. The highest BCUT2D eigenvalue weighted by Crippen LogP contribution is 2.44. The Labute approximate surface area is 554 Å². The Balaban J connectivity index is 0.000000221. The number of fused-ring (bicyclic) bond motifs is 8. The van der Waals surface area contributed by atoms with Crippen LogP contribution >= 0.6 is 23.2 Å². The molecule has 4 N–H and O–H groups in total. The van der Waals surface area contributed by atoms with E-state index in [1.54, 1.807) is 42.5 Å². The van der Waals surface area contributed by atoms with Crippen LogP contribution in [-0.2, 0) is 18.9 Å². The third-order valence-corrected chi connectivity index (χ3v) is 16.6. The summed E-state index contributed by atoms with van der Waals surface area (Å²) in [5, 5.41) is 31.9. The number of ether oxygens (including phenoxy) is 4. The lowest BCUT2D eigenvalue weighted by Crippen LogP contribution is -2.28. The fraction of sp³-hybridized carbons (Fsp3) is 0.324. The largest absolute Gasteiger partial charge is 0.478 e. The summed E-state index contributed by atoms with van der Waals surface area (Å²) >= 11 is 11.4. The molecule has 0 spiro atoms. The van der Waals surface area contributed by atoms with Crippen LogP contribution in [0.15, 0.2) is 152 Å². The Morgan fingerprint density at radius 1 is 0.415 bits per heavy atom. The van der Waals surface area contributed by atoms with Crippen molar-refractivity contribution in [3.05, 3.63) is 176 Å². The van der Waals surface area contributed by atoms with E-state index in [1.165, 1.54) is 30.3 Å². The maximum Gasteiger partial charge on any atom is 0.336 e. The maximum atomic E-state index is 13.2. The van der Waals surface area contributed by atoms with Gasteiger partial charge in [0.2, 0.25) is 0 Å². The molecule has 0 fully saturated rings. The predicted molar refractivity (Wildman–Crippen MR) is 375 cm³/mol. The number of nitrogens with zero attached hydrogens (tertiary/aromatic N) is 2. The van der Waals surface area contributed by atoms with Gasteiger partial charge in [0.05, 0.1) is 50.8 Å². The second-order valence-corrected chi connectivity index (χ2v) is 23.8. The first-order valence-electron chi connectivity index (χ1n) is 31.5. The van der Waals surface area contributed by atoms with Gasteiger partial charge in [0.25, 0.3) is 11.8 Å². The number of alkyl halides is 2. The summed E-state index contributed by atoms with van der Waals surface area (Å²) in [6, 6.07) is 37.6. The Morgan fingerprint density at radius 3 is 1.29 bits per heavy atom. The molecule has 2 heterocycles. The van der Waals surface area contributed by atoms with E-state index < -0.39 is 17.8 Å². The van der Waals surface area contributed by atoms with Crippen LogP contribution in [0, 0.1) is 0 Å². The summed E-state index contributed by atoms with van der Waals surface area (Å²) in [6.07, 6.45) is 8.45. The SMILES string of the molecule is CN(C)c1ccc2c(-c3cc(C(=O)NCCOCCOCCCCCCCl)ccc3C(=O)O)c3ccc4cc(=O)ccc4c3oc2c1.CN(C)c1ccc2c(-c3ccc(C(=O)NCCOCCOCCCCCCCl)cc3C(=O)O)c3ccc4cc(=O)ccc4c3oc2c1. The lowest BCUT2D eigenvalue weighted by molar-refractivity contribution is 0.0468. The van der Waals surface area contributed by atoms with Gasteiger partial charge in [-0.1, -0.05) is 43.9 Å². The van der Waals surface area contributed by atoms with E-state index in [0.717, 1.165) is 84.3 Å². The molecule has 0 unspecified atom stereocenters. The van der Waals surface area contributed by atoms with Crippen LogP contribution < -0.4 is 31.3 Å². The number of carbonyl (C=O) groups is 4. The summed E-state index contributed by atoms with van der Waals surface area (Å²) < 4.78 is 35.3. The van der Waals surface area contributed by atoms with Crippen molar-refractivity contribution in [2.45, 2.75) is 51.4 Å². The van der Waals surface area contributed by atoms with Crippen molar-refractivity contribution in [1.29, 1.82) is 0 Å². The third kappa shape index (κ3) is 17.5. The molecule has 2 amide bonds. The molecule has 0 saturated carbocycles. The number of carboxylic acid groups (broad SMARTS) is 2. The second-order valence-electron chi connectivity index (χ2n) is 23.1. The Hall–Kier alpha value is -8.88. The van der Waals surface area contributed by atoms with Gasteiger partial charge in [-0.15, -0.1) is 23.2 Å². The van der Waals surface area contributed by atoms with Crippen molar-refractivity contribution in [3.63, 3.8) is 0 Å². The minimum atomic E-state index is -1.17. The monoisotopic (exact) mass is 1320 g/mol. The molecular weight excluding hydrogens is 1240 g/mol. The normalized spacial score (nSPS) is 11.4. The van der Waals surface area contributed by atoms with Crippen molar-refractivity contribution in [3.8, 4) is 22.3 Å². The molecule has 0 aliphatic heterocycles. The van der Waals surface area contributed by atoms with E-state index >= 15 is 0 Å². The average Bonchev–Trinajstić information content (AvgIpc) is 0.743. The molecule has 20 heteroatoms. The van der Waals surface area contributed by atoms with Gasteiger partial charge in [-0.25, -0.2) is 9.59 Å². The van der Waals surface area contributed by atoms with Crippen LogP contribution in [0.25, 0.3) is 87.7 Å². The molecule has 0 bridgehead atoms. The summed E-state index contributed by atoms with van der Waals surface area (Å²) in [4.78, 5) is 79.6. The van der Waals surface area contributed by atoms with Gasteiger partial charge >= 0.3 is 11.9 Å². The number of carbonyl (C=O) groups excluding carboxylic acids is 2. The van der Waals surface area contributed by atoms with Crippen molar-refractivity contribution < 1.29 is 57.2 Å². The van der Waals surface area contributed by atoms with Gasteiger partial charge in [-0.05, 0) is 151 Å². The van der Waals surface area contributed by atoms with Gasteiger partial charge in [0, 0.05) is 144 Å². The molecular formula is C74H78Cl2N4O14. The van der Waals surface area contributed by atoms with Gasteiger partial charge in [0.1, 0.15) is 22.3 Å². The summed E-state index contributed by atoms with van der Waals surface area (Å²) in [6.45, 7) is 4.34. The van der Waals surface area contributed by atoms with Crippen LogP contribution in [0.3, 0.4) is 0 Å². The van der Waals surface area contributed by atoms with Crippen molar-refractivity contribution in [1.82, 2.24) is 10.6 Å². The molecule has 10 aromatic rings. The number of benzene rings is 8. The Morgan fingerprint density at radius 2 is 0.830 bits per heavy atom. The average molecular weight is 1320 g/mol. The zero-order valence-electron chi connectivity index (χ0n) is 53.3. The second kappa shape index (κ2) is 33.8. The van der Waals surface area contributed by atoms with E-state index in [0.29, 0.717) is 136 Å². The number of hydrogen-bond donors (Lipinski definition) is 4. The highest BCUT2D eigenvalue weighted by molar-refractivity contribution is 6.20. The van der Waals surface area contributed by atoms with E-state index in [9.17, 15) is 39.0 Å². The number of rotatable bonds is 32. The van der Waals surface area contributed by atoms with Crippen molar-refractivity contribution >= 4 is 124 Å². The first-order valence-corrected chi connectivity index (χ1v) is 32.6. The third-order valence-electron chi connectivity index (χ3n) is 16.1. The standard InChI is InChI=1S/2C37H39ClN2O7/c1-40(2)26-9-13-30-33(23-26)47-35-28-14-10-27(41)21-24(28)7-12-31(35)34(30)32-22-25(8-11-29(32)37(43)44)36(42)39-16-18-46-20-19-45-17-6-4-3-5-15-38;1-40(2)26-9-13-30-33(23-26)47-35-28-14-10-27(41)21-24(28)7-12-31(35)34(30)29-11-8-25(22-32(29)37(43)44)36(42)39-16-18-46-20-19-45-17-6-4-3-5-15-38/h2*7-14,21-23H,3-6,15-20H2,1-2H3,(H,39,42)(H,43,44). The number of unbranched alkanes of at least 4 members (excludes halogenated alkanes) is 6. The topological polar surface area (TPSA) is 237 Å². The van der Waals surface area contributed by atoms with Gasteiger partial charge in [0.15, 0.2) is 10.9 Å². The van der Waals surface area contributed by atoms with Crippen molar-refractivity contribution in [2.24, 2.45) is 0 Å². The number of nitrogens with one attached hydrogen (secondary N) is 2. The lowest BCUT2D eigenvalue weighted by Gasteiger charge is -2.18. The minimum Gasteiger partial charge on any atom is -0.478 e. The van der Waals surface area contributed by atoms with Crippen LogP contribution in [0.4, 0.5) is 11.4 Å². The number of carboxylic acids is 2. The van der Waals surface area contributed by atoms with Gasteiger partial charge < -0.3 is 58.4 Å². The summed E-state index contributed by atoms with van der Waals surface area (Å²) in [5.41, 5.74) is 6.37. The number of aromatic carboxylic acids is 2. The fourth-order valence-corrected chi connectivity index (χ4v) is 11.6. The highest BCUT2D eigenvalue weighted by Gasteiger charge is 2.24. The molecule has 8 aromatic carbocycles. The van der Waals surface area contributed by atoms with Crippen molar-refractivity contribution in [2.75, 3.05) is 116 Å². The zero-order valence-corrected chi connectivity index (χ0v) is 54.8. The number of amides is 2. The first kappa shape index (κ1) is 69.5. The van der Waals surface area contributed by atoms with Crippen LogP contribution in [-0.4, -0.2) is 140 Å². The molecule has 0 aliphatic rings. The van der Waals surface area contributed by atoms with Gasteiger partial charge in [-0.2, -0.15) is 0 Å². The highest BCUT2D eigenvalue weighted by atomic mass is 35.5. The number of hydrogen-bond acceptors (Lipinski definition) is 14. The van der Waals surface area contributed by atoms with Gasteiger partial charge in [-0.3, -0.25) is 19.2 Å². The lowest BCUT2D eigenvalue weighted by atomic mass is 9.90. The fourth-order valence-electron chi connectivity index (χ4n) is 11.2. The Kier molecular flexibility index (Phi) is 25.0. The van der Waals surface area contributed by atoms with E-state index in [1.807, 2.05) is 98.7 Å². The molecule has 94 heavy (non-hydrogen) atoms. The first-order chi connectivity index (χ1) is 45.6. The summed E-state index contributed by atoms with van der Waals surface area (Å²) in [7, 11) is 7.69. The quantitative estimate of drug-likeness (QED) is 0.0133. The molecule has 10 rings (SSSR count). The predicted octanol–water partition coefficient (Wildman–Crippen LogP) is 14.2. The summed E-state index contributed by atoms with van der Waals surface area (Å²) in [5.74, 6) is -1.65. The van der Waals surface area contributed by atoms with Crippen LogP contribution in [0.1, 0.15) is 92.8 Å². The molecule has 0 radical (unpaired) electrons. The molecule has 0 aliphatic carbocycles. The smallest absolute Gasteiger partial charge is 0.336 e. The van der Waals surface area contributed by atoms with E-state index in [2.05, 4.69) is 10.6 Å². The number of halogens is 2. The van der Waals surface area contributed by atoms with Crippen LogP contribution in [0.5, 0.6) is 0 Å². The molecule has 492 valence electrons. The minimum absolute atomic E-state index is 0.0193.